The van der Waals surface area contributed by atoms with Gasteiger partial charge in [0.15, 0.2) is 0 Å². The van der Waals surface area contributed by atoms with E-state index in [9.17, 15) is 9.18 Å². The molecule has 7 nitrogen and oxygen atoms in total. The van der Waals surface area contributed by atoms with Gasteiger partial charge in [-0.05, 0) is 35.7 Å². The highest BCUT2D eigenvalue weighted by Gasteiger charge is 2.28. The molecule has 0 radical (unpaired) electrons. The number of nitrogens with two attached hydrogens (primary N) is 1. The first-order valence-corrected chi connectivity index (χ1v) is 9.76. The van der Waals surface area contributed by atoms with Gasteiger partial charge < -0.3 is 15.4 Å². The summed E-state index contributed by atoms with van der Waals surface area (Å²) in [5, 5.41) is 0. The molecule has 2 aromatic heterocycles. The lowest BCUT2D eigenvalue weighted by atomic mass is 10.0. The second kappa shape index (κ2) is 8.96. The van der Waals surface area contributed by atoms with E-state index in [1.807, 2.05) is 6.07 Å². The van der Waals surface area contributed by atoms with E-state index < -0.39 is 0 Å². The predicted octanol–water partition coefficient (Wildman–Crippen LogP) is 2.79. The van der Waals surface area contributed by atoms with Gasteiger partial charge in [0.25, 0.3) is 0 Å². The van der Waals surface area contributed by atoms with Crippen LogP contribution in [0.2, 0.25) is 0 Å². The van der Waals surface area contributed by atoms with Gasteiger partial charge in [-0.15, -0.1) is 0 Å². The molecule has 1 aliphatic rings. The van der Waals surface area contributed by atoms with Crippen molar-refractivity contribution in [2.75, 3.05) is 25.4 Å². The summed E-state index contributed by atoms with van der Waals surface area (Å²) in [7, 11) is 0. The maximum absolute atomic E-state index is 13.8. The van der Waals surface area contributed by atoms with Crippen molar-refractivity contribution in [2.45, 2.75) is 18.9 Å². The van der Waals surface area contributed by atoms with Gasteiger partial charge >= 0.3 is 0 Å². The lowest BCUT2D eigenvalue weighted by Gasteiger charge is -2.33. The average molecular weight is 407 g/mol. The zero-order valence-electron chi connectivity index (χ0n) is 16.4. The molecule has 0 saturated carbocycles. The normalized spacial score (nSPS) is 16.4. The minimum atomic E-state index is -0.386. The Balaban J connectivity index is 1.48. The van der Waals surface area contributed by atoms with Crippen molar-refractivity contribution in [3.05, 3.63) is 72.2 Å². The summed E-state index contributed by atoms with van der Waals surface area (Å²) >= 11 is 0. The summed E-state index contributed by atoms with van der Waals surface area (Å²) in [6.45, 7) is 1.27. The van der Waals surface area contributed by atoms with E-state index in [0.717, 1.165) is 11.1 Å². The van der Waals surface area contributed by atoms with Crippen molar-refractivity contribution < 1.29 is 13.9 Å². The molecule has 1 aromatic carbocycles. The van der Waals surface area contributed by atoms with Crippen LogP contribution in [-0.4, -0.2) is 45.5 Å². The maximum Gasteiger partial charge on any atom is 0.223 e. The van der Waals surface area contributed by atoms with Crippen LogP contribution in [0.4, 0.5) is 10.2 Å². The Morgan fingerprint density at radius 2 is 2.13 bits per heavy atom. The fraction of sp³-hybridized carbons (Fsp3) is 0.273. The molecule has 3 heterocycles. The highest BCUT2D eigenvalue weighted by atomic mass is 19.1. The van der Waals surface area contributed by atoms with Crippen LogP contribution >= 0.6 is 0 Å². The summed E-state index contributed by atoms with van der Waals surface area (Å²) in [6.07, 6.45) is 5.02. The summed E-state index contributed by atoms with van der Waals surface area (Å²) < 4.78 is 19.8. The van der Waals surface area contributed by atoms with Crippen LogP contribution in [0.1, 0.15) is 23.8 Å². The zero-order chi connectivity index (χ0) is 20.9. The number of ether oxygens (including phenoxy) is 1. The first kappa shape index (κ1) is 19.9. The summed E-state index contributed by atoms with van der Waals surface area (Å²) in [5.74, 6) is 0.0829. The standard InChI is InChI=1S/C22H22FN5O2/c23-18-4-2-1-3-15(18)5-6-21(29)28-9-10-30-19(13-28)22-17(12-25-14-27-22)16-7-8-26-20(24)11-16/h1-4,7-8,11-12,14,19H,5-6,9-10,13H2,(H2,24,26)/t19-/m1/s1. The van der Waals surface area contributed by atoms with Gasteiger partial charge in [0.1, 0.15) is 24.1 Å². The van der Waals surface area contributed by atoms with Crippen molar-refractivity contribution in [1.29, 1.82) is 0 Å². The first-order valence-electron chi connectivity index (χ1n) is 9.76. The number of hydrogen-bond donors (Lipinski definition) is 1. The number of aromatic nitrogens is 3. The van der Waals surface area contributed by atoms with Crippen LogP contribution in [0.15, 0.2) is 55.1 Å². The fourth-order valence-corrected chi connectivity index (χ4v) is 3.58. The number of anilines is 1. The largest absolute Gasteiger partial charge is 0.384 e. The molecule has 1 saturated heterocycles. The highest BCUT2D eigenvalue weighted by molar-refractivity contribution is 5.76. The van der Waals surface area contributed by atoms with Gasteiger partial charge in [0.05, 0.1) is 18.8 Å². The van der Waals surface area contributed by atoms with Crippen LogP contribution in [0.5, 0.6) is 0 Å². The smallest absolute Gasteiger partial charge is 0.223 e. The average Bonchev–Trinajstić information content (AvgIpc) is 2.78. The van der Waals surface area contributed by atoms with Crippen LogP contribution in [-0.2, 0) is 16.0 Å². The Hall–Kier alpha value is -3.39. The minimum absolute atomic E-state index is 0.0321. The lowest BCUT2D eigenvalue weighted by Crippen LogP contribution is -2.42. The molecular formula is C22H22FN5O2. The number of amides is 1. The third-order valence-corrected chi connectivity index (χ3v) is 5.13. The molecule has 1 atom stereocenters. The summed E-state index contributed by atoms with van der Waals surface area (Å²) in [6, 6.07) is 10.1. The fourth-order valence-electron chi connectivity index (χ4n) is 3.58. The SMILES string of the molecule is Nc1cc(-c2cncnc2[C@H]2CN(C(=O)CCc3ccccc3F)CCO2)ccn1. The van der Waals surface area contributed by atoms with Crippen molar-refractivity contribution in [3.63, 3.8) is 0 Å². The van der Waals surface area contributed by atoms with Crippen LogP contribution in [0, 0.1) is 5.82 Å². The second-order valence-electron chi connectivity index (χ2n) is 7.08. The van der Waals surface area contributed by atoms with Crippen molar-refractivity contribution in [1.82, 2.24) is 19.9 Å². The highest BCUT2D eigenvalue weighted by Crippen LogP contribution is 2.30. The van der Waals surface area contributed by atoms with E-state index in [0.29, 0.717) is 43.2 Å². The van der Waals surface area contributed by atoms with E-state index >= 15 is 0 Å². The van der Waals surface area contributed by atoms with Crippen LogP contribution < -0.4 is 5.73 Å². The number of nitrogen functional groups attached to an aromatic ring is 1. The first-order chi connectivity index (χ1) is 14.6. The van der Waals surface area contributed by atoms with Gasteiger partial charge in [0.2, 0.25) is 5.91 Å². The molecular weight excluding hydrogens is 385 g/mol. The Bertz CT molecular complexity index is 1050. The number of aryl methyl sites for hydroxylation is 1. The van der Waals surface area contributed by atoms with Gasteiger partial charge in [-0.1, -0.05) is 18.2 Å². The summed E-state index contributed by atoms with van der Waals surface area (Å²) in [4.78, 5) is 27.1. The molecule has 0 bridgehead atoms. The van der Waals surface area contributed by atoms with E-state index in [4.69, 9.17) is 10.5 Å². The molecule has 4 rings (SSSR count). The molecule has 3 aromatic rings. The van der Waals surface area contributed by atoms with E-state index in [1.54, 1.807) is 41.6 Å². The monoisotopic (exact) mass is 407 g/mol. The molecule has 8 heteroatoms. The van der Waals surface area contributed by atoms with Crippen LogP contribution in [0.3, 0.4) is 0 Å². The van der Waals surface area contributed by atoms with E-state index in [-0.39, 0.29) is 24.2 Å². The molecule has 0 spiro atoms. The molecule has 0 unspecified atom stereocenters. The van der Waals surface area contributed by atoms with Gasteiger partial charge in [-0.2, -0.15) is 0 Å². The Labute approximate surface area is 173 Å². The molecule has 2 N–H and O–H groups in total. The lowest BCUT2D eigenvalue weighted by molar-refractivity contribution is -0.139. The number of benzene rings is 1. The third-order valence-electron chi connectivity index (χ3n) is 5.13. The number of halogens is 1. The van der Waals surface area contributed by atoms with Gasteiger partial charge in [0, 0.05) is 30.9 Å². The molecule has 1 amide bonds. The molecule has 0 aliphatic carbocycles. The molecule has 30 heavy (non-hydrogen) atoms. The maximum atomic E-state index is 13.8. The Morgan fingerprint density at radius 1 is 1.27 bits per heavy atom. The number of carbonyl (C=O) groups excluding carboxylic acids is 1. The van der Waals surface area contributed by atoms with Gasteiger partial charge in [-0.3, -0.25) is 4.79 Å². The third kappa shape index (κ3) is 4.44. The predicted molar refractivity (Wildman–Crippen MR) is 110 cm³/mol. The number of pyridine rings is 1. The molecule has 154 valence electrons. The number of rotatable bonds is 5. The number of hydrogen-bond acceptors (Lipinski definition) is 6. The Morgan fingerprint density at radius 3 is 2.97 bits per heavy atom. The van der Waals surface area contributed by atoms with E-state index in [2.05, 4.69) is 15.0 Å². The zero-order valence-corrected chi connectivity index (χ0v) is 16.4. The number of morpholine rings is 1. The van der Waals surface area contributed by atoms with Crippen molar-refractivity contribution in [2.24, 2.45) is 0 Å². The topological polar surface area (TPSA) is 94.2 Å². The van der Waals surface area contributed by atoms with Crippen molar-refractivity contribution >= 4 is 11.7 Å². The van der Waals surface area contributed by atoms with Gasteiger partial charge in [-0.25, -0.2) is 19.3 Å². The van der Waals surface area contributed by atoms with Crippen LogP contribution in [0.25, 0.3) is 11.1 Å². The molecule has 1 aliphatic heterocycles. The number of carbonyl (C=O) groups is 1. The van der Waals surface area contributed by atoms with Crippen molar-refractivity contribution in [3.8, 4) is 11.1 Å². The minimum Gasteiger partial charge on any atom is -0.384 e. The molecule has 1 fully saturated rings. The number of nitrogens with zero attached hydrogens (tertiary/aromatic N) is 4. The summed E-state index contributed by atoms with van der Waals surface area (Å²) in [5.41, 5.74) is 8.68. The Kier molecular flexibility index (Phi) is 5.94. The van der Waals surface area contributed by atoms with E-state index in [1.165, 1.54) is 12.4 Å². The second-order valence-corrected chi connectivity index (χ2v) is 7.08. The quantitative estimate of drug-likeness (QED) is 0.699.